The second-order valence-corrected chi connectivity index (χ2v) is 9.28. The van der Waals surface area contributed by atoms with Crippen molar-refractivity contribution in [3.8, 4) is 5.75 Å². The molecule has 0 unspecified atom stereocenters. The molecule has 0 saturated heterocycles. The molecule has 0 saturated carbocycles. The molecule has 0 aliphatic carbocycles. The highest BCUT2D eigenvalue weighted by atomic mass is 35.5. The molecule has 0 spiro atoms. The van der Waals surface area contributed by atoms with Crippen LogP contribution < -0.4 is 20.3 Å². The second kappa shape index (κ2) is 10.6. The average molecular weight is 545 g/mol. The summed E-state index contributed by atoms with van der Waals surface area (Å²) in [5.41, 5.74) is 1.43. The smallest absolute Gasteiger partial charge is 0.283 e. The van der Waals surface area contributed by atoms with E-state index in [2.05, 4.69) is 10.6 Å². The van der Waals surface area contributed by atoms with Crippen molar-refractivity contribution in [1.82, 2.24) is 0 Å². The number of rotatable bonds is 7. The fourth-order valence-corrected chi connectivity index (χ4v) is 3.95. The summed E-state index contributed by atoms with van der Waals surface area (Å²) in [5.74, 6) is -1.03. The molecule has 0 radical (unpaired) electrons. The standard InChI is InChI=1S/C26H20Cl3N3O4/c1-14(2)36-19-9-6-16(7-10-19)31-24(33)15-4-3-5-17(12-15)30-23-22(29)25(34)32(26(23)35)18-8-11-20(27)21(28)13-18/h3-14,30H,1-2H3,(H,31,33). The van der Waals surface area contributed by atoms with Gasteiger partial charge in [-0.1, -0.05) is 40.9 Å². The van der Waals surface area contributed by atoms with Gasteiger partial charge in [0, 0.05) is 16.9 Å². The van der Waals surface area contributed by atoms with Crippen molar-refractivity contribution in [1.29, 1.82) is 0 Å². The zero-order chi connectivity index (χ0) is 26.0. The summed E-state index contributed by atoms with van der Waals surface area (Å²) in [6.45, 7) is 3.86. The monoisotopic (exact) mass is 543 g/mol. The maximum atomic E-state index is 13.0. The molecule has 1 aliphatic rings. The summed E-state index contributed by atoms with van der Waals surface area (Å²) < 4.78 is 5.61. The third-order valence-electron chi connectivity index (χ3n) is 5.07. The Bertz CT molecular complexity index is 1390. The summed E-state index contributed by atoms with van der Waals surface area (Å²) in [7, 11) is 0. The molecule has 0 atom stereocenters. The van der Waals surface area contributed by atoms with Crippen LogP contribution in [0.5, 0.6) is 5.75 Å². The van der Waals surface area contributed by atoms with Crippen LogP contribution in [0.2, 0.25) is 10.0 Å². The number of nitrogens with zero attached hydrogens (tertiary/aromatic N) is 1. The minimum absolute atomic E-state index is 0.0439. The van der Waals surface area contributed by atoms with E-state index in [0.717, 1.165) is 4.90 Å². The first-order valence-corrected chi connectivity index (χ1v) is 12.0. The molecule has 184 valence electrons. The van der Waals surface area contributed by atoms with Gasteiger partial charge in [0.05, 0.1) is 21.8 Å². The van der Waals surface area contributed by atoms with E-state index in [1.165, 1.54) is 18.2 Å². The lowest BCUT2D eigenvalue weighted by atomic mass is 10.1. The van der Waals surface area contributed by atoms with Crippen molar-refractivity contribution in [2.24, 2.45) is 0 Å². The van der Waals surface area contributed by atoms with Gasteiger partial charge in [-0.3, -0.25) is 14.4 Å². The van der Waals surface area contributed by atoms with E-state index < -0.39 is 11.8 Å². The van der Waals surface area contributed by atoms with Crippen molar-refractivity contribution in [2.45, 2.75) is 20.0 Å². The number of hydrogen-bond donors (Lipinski definition) is 2. The Morgan fingerprint density at radius 1 is 0.861 bits per heavy atom. The second-order valence-electron chi connectivity index (χ2n) is 8.08. The van der Waals surface area contributed by atoms with Crippen molar-refractivity contribution < 1.29 is 19.1 Å². The molecule has 4 rings (SSSR count). The van der Waals surface area contributed by atoms with E-state index in [4.69, 9.17) is 39.5 Å². The first-order valence-electron chi connectivity index (χ1n) is 10.8. The number of carbonyl (C=O) groups excluding carboxylic acids is 3. The number of nitrogens with one attached hydrogen (secondary N) is 2. The molecule has 36 heavy (non-hydrogen) atoms. The fraction of sp³-hybridized carbons (Fsp3) is 0.115. The number of carbonyl (C=O) groups is 3. The molecule has 0 aromatic heterocycles. The first kappa shape index (κ1) is 25.6. The van der Waals surface area contributed by atoms with Gasteiger partial charge in [0.2, 0.25) is 0 Å². The molecular formula is C26H20Cl3N3O4. The summed E-state index contributed by atoms with van der Waals surface area (Å²) in [5, 5.41) is 5.86. The van der Waals surface area contributed by atoms with Gasteiger partial charge in [-0.15, -0.1) is 0 Å². The third kappa shape index (κ3) is 5.49. The highest BCUT2D eigenvalue weighted by molar-refractivity contribution is 6.53. The van der Waals surface area contributed by atoms with Crippen LogP contribution in [0.4, 0.5) is 17.1 Å². The number of imide groups is 1. The lowest BCUT2D eigenvalue weighted by molar-refractivity contribution is -0.120. The van der Waals surface area contributed by atoms with Crippen LogP contribution in [0.1, 0.15) is 24.2 Å². The van der Waals surface area contributed by atoms with Crippen LogP contribution in [0.15, 0.2) is 77.5 Å². The molecule has 7 nitrogen and oxygen atoms in total. The van der Waals surface area contributed by atoms with Gasteiger partial charge in [-0.2, -0.15) is 0 Å². The molecule has 2 N–H and O–H groups in total. The lowest BCUT2D eigenvalue weighted by Crippen LogP contribution is -2.32. The number of ether oxygens (including phenoxy) is 1. The number of benzene rings is 3. The quantitative estimate of drug-likeness (QED) is 0.333. The lowest BCUT2D eigenvalue weighted by Gasteiger charge is -2.16. The van der Waals surface area contributed by atoms with Crippen LogP contribution in [0.25, 0.3) is 0 Å². The van der Waals surface area contributed by atoms with Crippen molar-refractivity contribution >= 4 is 69.6 Å². The highest BCUT2D eigenvalue weighted by Gasteiger charge is 2.39. The number of anilines is 3. The molecule has 3 amide bonds. The Labute approximate surface area is 222 Å². The van der Waals surface area contributed by atoms with E-state index in [0.29, 0.717) is 22.7 Å². The minimum atomic E-state index is -0.707. The maximum absolute atomic E-state index is 13.0. The van der Waals surface area contributed by atoms with Crippen LogP contribution in [0.3, 0.4) is 0 Å². The van der Waals surface area contributed by atoms with Gasteiger partial charge < -0.3 is 15.4 Å². The Morgan fingerprint density at radius 3 is 2.25 bits per heavy atom. The Kier molecular flexibility index (Phi) is 7.54. The van der Waals surface area contributed by atoms with Gasteiger partial charge in [0.1, 0.15) is 16.5 Å². The summed E-state index contributed by atoms with van der Waals surface area (Å²) in [6, 6.07) is 17.8. The summed E-state index contributed by atoms with van der Waals surface area (Å²) in [4.78, 5) is 39.4. The van der Waals surface area contributed by atoms with Crippen LogP contribution in [-0.2, 0) is 9.59 Å². The molecule has 10 heteroatoms. The predicted molar refractivity (Wildman–Crippen MR) is 142 cm³/mol. The van der Waals surface area contributed by atoms with Crippen LogP contribution >= 0.6 is 34.8 Å². The SMILES string of the molecule is CC(C)Oc1ccc(NC(=O)c2cccc(NC3=C(Cl)C(=O)N(c4ccc(Cl)c(Cl)c4)C3=O)c2)cc1. The van der Waals surface area contributed by atoms with Crippen molar-refractivity contribution in [3.05, 3.63) is 93.1 Å². The molecular weight excluding hydrogens is 525 g/mol. The van der Waals surface area contributed by atoms with Gasteiger partial charge in [-0.05, 0) is 74.5 Å². The van der Waals surface area contributed by atoms with Crippen molar-refractivity contribution in [2.75, 3.05) is 15.5 Å². The van der Waals surface area contributed by atoms with Crippen LogP contribution in [-0.4, -0.2) is 23.8 Å². The zero-order valence-corrected chi connectivity index (χ0v) is 21.4. The van der Waals surface area contributed by atoms with E-state index in [1.54, 1.807) is 48.5 Å². The van der Waals surface area contributed by atoms with E-state index >= 15 is 0 Å². The van der Waals surface area contributed by atoms with E-state index in [1.807, 2.05) is 13.8 Å². The number of halogens is 3. The van der Waals surface area contributed by atoms with Crippen molar-refractivity contribution in [3.63, 3.8) is 0 Å². The third-order valence-corrected chi connectivity index (χ3v) is 6.16. The minimum Gasteiger partial charge on any atom is -0.491 e. The number of amides is 3. The molecule has 3 aromatic rings. The van der Waals surface area contributed by atoms with E-state index in [-0.39, 0.29) is 38.5 Å². The average Bonchev–Trinajstić information content (AvgIpc) is 3.05. The van der Waals surface area contributed by atoms with Gasteiger partial charge in [0.15, 0.2) is 0 Å². The Balaban J connectivity index is 1.49. The van der Waals surface area contributed by atoms with Crippen LogP contribution in [0, 0.1) is 0 Å². The first-order chi connectivity index (χ1) is 17.1. The normalized spacial score (nSPS) is 13.4. The highest BCUT2D eigenvalue weighted by Crippen LogP contribution is 2.33. The molecule has 0 fully saturated rings. The molecule has 3 aromatic carbocycles. The zero-order valence-electron chi connectivity index (χ0n) is 19.1. The Hall–Kier alpha value is -3.52. The summed E-state index contributed by atoms with van der Waals surface area (Å²) in [6.07, 6.45) is 0.0439. The number of hydrogen-bond acceptors (Lipinski definition) is 5. The fourth-order valence-electron chi connectivity index (χ4n) is 3.44. The summed E-state index contributed by atoms with van der Waals surface area (Å²) >= 11 is 18.2. The molecule has 1 heterocycles. The van der Waals surface area contributed by atoms with Gasteiger partial charge in [0.25, 0.3) is 17.7 Å². The molecule has 0 bridgehead atoms. The van der Waals surface area contributed by atoms with Gasteiger partial charge in [-0.25, -0.2) is 4.90 Å². The largest absolute Gasteiger partial charge is 0.491 e. The maximum Gasteiger partial charge on any atom is 0.283 e. The predicted octanol–water partition coefficient (Wildman–Crippen LogP) is 6.47. The Morgan fingerprint density at radius 2 is 1.58 bits per heavy atom. The topological polar surface area (TPSA) is 87.7 Å². The molecule has 1 aliphatic heterocycles. The van der Waals surface area contributed by atoms with E-state index in [9.17, 15) is 14.4 Å². The van der Waals surface area contributed by atoms with Gasteiger partial charge >= 0.3 is 0 Å².